The van der Waals surface area contributed by atoms with Gasteiger partial charge in [0.2, 0.25) is 11.8 Å². The van der Waals surface area contributed by atoms with Gasteiger partial charge in [0.15, 0.2) is 11.9 Å². The van der Waals surface area contributed by atoms with Gasteiger partial charge in [-0.05, 0) is 18.8 Å². The van der Waals surface area contributed by atoms with Gasteiger partial charge in [-0.2, -0.15) is 0 Å². The molecule has 3 N–H and O–H groups in total. The van der Waals surface area contributed by atoms with Gasteiger partial charge in [-0.15, -0.1) is 0 Å². The molecule has 2 saturated heterocycles. The number of ketones is 1. The first-order chi connectivity index (χ1) is 13.2. The number of nitrogens with one attached hydrogen (secondary N) is 1. The van der Waals surface area contributed by atoms with Gasteiger partial charge in [-0.25, -0.2) is 4.79 Å². The summed E-state index contributed by atoms with van der Waals surface area (Å²) in [5, 5.41) is 2.78. The minimum absolute atomic E-state index is 0.271. The first kappa shape index (κ1) is 22.1. The van der Waals surface area contributed by atoms with Gasteiger partial charge in [-0.1, -0.05) is 13.8 Å². The molecule has 2 heterocycles. The van der Waals surface area contributed by atoms with Gasteiger partial charge in [0.25, 0.3) is 0 Å². The molecule has 3 atom stereocenters. The topological polar surface area (TPSA) is 131 Å². The molecule has 0 radical (unpaired) electrons. The van der Waals surface area contributed by atoms with E-state index in [9.17, 15) is 19.2 Å². The fourth-order valence-corrected chi connectivity index (χ4v) is 3.32. The van der Waals surface area contributed by atoms with E-state index in [1.54, 1.807) is 4.90 Å². The Morgan fingerprint density at radius 1 is 1.25 bits per heavy atom. The molecule has 0 bridgehead atoms. The second-order valence-electron chi connectivity index (χ2n) is 7.57. The Bertz CT molecular complexity index is 605. The molecule has 0 aromatic heterocycles. The smallest absolute Gasteiger partial charge is 0.318 e. The van der Waals surface area contributed by atoms with Crippen LogP contribution in [0.25, 0.3) is 0 Å². The van der Waals surface area contributed by atoms with E-state index in [1.807, 2.05) is 13.8 Å². The van der Waals surface area contributed by atoms with Crippen molar-refractivity contribution in [2.45, 2.75) is 44.9 Å². The fraction of sp³-hybridized carbons (Fsp3) is 0.778. The van der Waals surface area contributed by atoms with Crippen LogP contribution in [0.5, 0.6) is 0 Å². The molecule has 0 aromatic rings. The maximum atomic E-state index is 13.1. The summed E-state index contributed by atoms with van der Waals surface area (Å²) in [7, 11) is 1.43. The second-order valence-corrected chi connectivity index (χ2v) is 7.57. The SMILES string of the molecule is CC(C)CC[C@H](NC(=O)N1CCOCC1)C(=O)N(C)C1C(=O)COC1C(N)=O. The number of likely N-dealkylation sites (N-methyl/N-ethyl adjacent to an activating group) is 1. The van der Waals surface area contributed by atoms with Crippen molar-refractivity contribution in [1.82, 2.24) is 15.1 Å². The molecule has 2 unspecified atom stereocenters. The van der Waals surface area contributed by atoms with E-state index < -0.39 is 30.0 Å². The summed E-state index contributed by atoms with van der Waals surface area (Å²) < 4.78 is 10.4. The zero-order valence-electron chi connectivity index (χ0n) is 16.7. The lowest BCUT2D eigenvalue weighted by molar-refractivity contribution is -0.141. The molecule has 158 valence electrons. The highest BCUT2D eigenvalue weighted by Gasteiger charge is 2.45. The predicted octanol–water partition coefficient (Wildman–Crippen LogP) is -0.887. The lowest BCUT2D eigenvalue weighted by Gasteiger charge is -2.32. The summed E-state index contributed by atoms with van der Waals surface area (Å²) in [6.07, 6.45) is -0.0517. The summed E-state index contributed by atoms with van der Waals surface area (Å²) >= 11 is 0. The average Bonchev–Trinajstić information content (AvgIpc) is 3.06. The van der Waals surface area contributed by atoms with Gasteiger partial charge < -0.3 is 30.3 Å². The van der Waals surface area contributed by atoms with Gasteiger partial charge in [-0.3, -0.25) is 14.4 Å². The van der Waals surface area contributed by atoms with E-state index in [-0.39, 0.29) is 18.4 Å². The molecule has 2 aliphatic rings. The Kier molecular flexibility index (Phi) is 7.76. The molecule has 0 saturated carbocycles. The number of primary amides is 1. The number of amides is 4. The van der Waals surface area contributed by atoms with E-state index in [0.29, 0.717) is 45.1 Å². The summed E-state index contributed by atoms with van der Waals surface area (Å²) in [6.45, 7) is 5.57. The maximum Gasteiger partial charge on any atom is 0.318 e. The van der Waals surface area contributed by atoms with Crippen LogP contribution in [0.15, 0.2) is 0 Å². The van der Waals surface area contributed by atoms with Crippen LogP contribution >= 0.6 is 0 Å². The average molecular weight is 398 g/mol. The summed E-state index contributed by atoms with van der Waals surface area (Å²) in [5.41, 5.74) is 5.30. The third-order valence-electron chi connectivity index (χ3n) is 4.99. The number of hydrogen-bond acceptors (Lipinski definition) is 6. The number of morpholine rings is 1. The first-order valence-electron chi connectivity index (χ1n) is 9.55. The highest BCUT2D eigenvalue weighted by atomic mass is 16.5. The van der Waals surface area contributed by atoms with E-state index in [1.165, 1.54) is 11.9 Å². The Morgan fingerprint density at radius 2 is 1.89 bits per heavy atom. The molecular weight excluding hydrogens is 368 g/mol. The van der Waals surface area contributed by atoms with Crippen molar-refractivity contribution in [3.63, 3.8) is 0 Å². The van der Waals surface area contributed by atoms with Gasteiger partial charge >= 0.3 is 6.03 Å². The van der Waals surface area contributed by atoms with Crippen LogP contribution in [0.2, 0.25) is 0 Å². The molecular formula is C18H30N4O6. The van der Waals surface area contributed by atoms with Crippen molar-refractivity contribution in [3.8, 4) is 0 Å². The number of urea groups is 1. The number of nitrogens with zero attached hydrogens (tertiary/aromatic N) is 2. The second kappa shape index (κ2) is 9.83. The summed E-state index contributed by atoms with van der Waals surface area (Å²) in [4.78, 5) is 52.1. The molecule has 28 heavy (non-hydrogen) atoms. The monoisotopic (exact) mass is 398 g/mol. The number of Topliss-reactive ketones (excluding diaryl/α,β-unsaturated/α-hetero) is 1. The lowest BCUT2D eigenvalue weighted by Crippen LogP contribution is -2.58. The van der Waals surface area contributed by atoms with Gasteiger partial charge in [0, 0.05) is 20.1 Å². The first-order valence-corrected chi connectivity index (χ1v) is 9.55. The maximum absolute atomic E-state index is 13.1. The summed E-state index contributed by atoms with van der Waals surface area (Å²) in [5.74, 6) is -1.30. The van der Waals surface area contributed by atoms with Crippen LogP contribution in [0.4, 0.5) is 4.79 Å². The van der Waals surface area contributed by atoms with E-state index in [0.717, 1.165) is 0 Å². The van der Waals surface area contributed by atoms with Crippen LogP contribution in [-0.4, -0.2) is 91.6 Å². The number of rotatable bonds is 7. The number of nitrogens with two attached hydrogens (primary N) is 1. The standard InChI is InChI=1S/C18H30N4O6/c1-11(2)4-5-12(20-18(26)22-6-8-27-9-7-22)17(25)21(3)14-13(23)10-28-15(14)16(19)24/h11-12,14-15H,4-10H2,1-3H3,(H2,19,24)(H,20,26)/t12-,14?,15?/m0/s1. The van der Waals surface area contributed by atoms with Gasteiger partial charge in [0.05, 0.1) is 13.2 Å². The third-order valence-corrected chi connectivity index (χ3v) is 4.99. The normalized spacial score (nSPS) is 23.6. The van der Waals surface area contributed by atoms with Crippen molar-refractivity contribution in [2.75, 3.05) is 40.0 Å². The fourth-order valence-electron chi connectivity index (χ4n) is 3.32. The van der Waals surface area contributed by atoms with E-state index in [4.69, 9.17) is 15.2 Å². The zero-order chi connectivity index (χ0) is 20.8. The van der Waals surface area contributed by atoms with Crippen molar-refractivity contribution in [1.29, 1.82) is 0 Å². The number of carbonyl (C=O) groups is 4. The third kappa shape index (κ3) is 5.41. The van der Waals surface area contributed by atoms with Crippen LogP contribution in [0.3, 0.4) is 0 Å². The zero-order valence-corrected chi connectivity index (χ0v) is 16.7. The Balaban J connectivity index is 2.11. The van der Waals surface area contributed by atoms with Crippen molar-refractivity contribution >= 4 is 23.6 Å². The van der Waals surface area contributed by atoms with Crippen molar-refractivity contribution in [3.05, 3.63) is 0 Å². The van der Waals surface area contributed by atoms with Crippen molar-refractivity contribution < 1.29 is 28.7 Å². The molecule has 10 nitrogen and oxygen atoms in total. The summed E-state index contributed by atoms with van der Waals surface area (Å²) in [6, 6.07) is -2.24. The van der Waals surface area contributed by atoms with E-state index in [2.05, 4.69) is 5.32 Å². The number of hydrogen-bond donors (Lipinski definition) is 2. The largest absolute Gasteiger partial charge is 0.378 e. The van der Waals surface area contributed by atoms with Crippen LogP contribution in [0.1, 0.15) is 26.7 Å². The lowest BCUT2D eigenvalue weighted by atomic mass is 10.0. The quantitative estimate of drug-likeness (QED) is 0.572. The molecule has 2 aliphatic heterocycles. The highest BCUT2D eigenvalue weighted by molar-refractivity contribution is 5.99. The van der Waals surface area contributed by atoms with Crippen molar-refractivity contribution in [2.24, 2.45) is 11.7 Å². The Labute approximate surface area is 164 Å². The van der Waals surface area contributed by atoms with Gasteiger partial charge in [0.1, 0.15) is 18.7 Å². The minimum Gasteiger partial charge on any atom is -0.378 e. The molecule has 0 aliphatic carbocycles. The molecule has 0 aromatic carbocycles. The van der Waals surface area contributed by atoms with E-state index >= 15 is 0 Å². The molecule has 4 amide bonds. The molecule has 2 rings (SSSR count). The molecule has 10 heteroatoms. The molecule has 2 fully saturated rings. The molecule has 0 spiro atoms. The minimum atomic E-state index is -1.18. The van der Waals surface area contributed by atoms with Crippen LogP contribution < -0.4 is 11.1 Å². The number of ether oxygens (including phenoxy) is 2. The highest BCUT2D eigenvalue weighted by Crippen LogP contribution is 2.18. The van der Waals surface area contributed by atoms with Crippen LogP contribution in [0, 0.1) is 5.92 Å². The Hall–Kier alpha value is -2.20. The predicted molar refractivity (Wildman–Crippen MR) is 99.3 cm³/mol. The van der Waals surface area contributed by atoms with Crippen LogP contribution in [-0.2, 0) is 23.9 Å². The Morgan fingerprint density at radius 3 is 2.46 bits per heavy atom. The number of carbonyl (C=O) groups excluding carboxylic acids is 4.